The number of H-pyrrole nitrogens is 1. The molecule has 148 valence electrons. The number of aromatic amines is 1. The average molecular weight is 421 g/mol. The van der Waals surface area contributed by atoms with Gasteiger partial charge < -0.3 is 10.1 Å². The summed E-state index contributed by atoms with van der Waals surface area (Å²) in [6, 6.07) is 9.32. The van der Waals surface area contributed by atoms with Gasteiger partial charge in [-0.15, -0.1) is 11.3 Å². The highest BCUT2D eigenvalue weighted by Crippen LogP contribution is 2.25. The number of carbonyl (C=O) groups is 1. The van der Waals surface area contributed by atoms with Crippen molar-refractivity contribution in [2.24, 2.45) is 0 Å². The number of thiophene rings is 1. The maximum Gasteiger partial charge on any atom is 0.242 e. The number of nitrogens with one attached hydrogen (secondary N) is 2. The van der Waals surface area contributed by atoms with E-state index >= 15 is 0 Å². The lowest BCUT2D eigenvalue weighted by Crippen LogP contribution is -2.32. The molecular formula is C19H21FN4O2S2. The first-order chi connectivity index (χ1) is 13.6. The smallest absolute Gasteiger partial charge is 0.242 e. The lowest BCUT2D eigenvalue weighted by atomic mass is 10.2. The molecule has 1 unspecified atom stereocenters. The van der Waals surface area contributed by atoms with E-state index in [4.69, 9.17) is 17.0 Å². The number of carbonyl (C=O) groups excluding carboxylic acids is 1. The molecule has 1 atom stereocenters. The fourth-order valence-corrected chi connectivity index (χ4v) is 3.67. The van der Waals surface area contributed by atoms with Crippen molar-refractivity contribution in [3.8, 4) is 16.5 Å². The molecule has 0 spiro atoms. The number of nitrogens with zero attached hydrogens (tertiary/aromatic N) is 2. The van der Waals surface area contributed by atoms with E-state index in [9.17, 15) is 9.18 Å². The van der Waals surface area contributed by atoms with Gasteiger partial charge in [0.2, 0.25) is 5.91 Å². The molecule has 2 heterocycles. The van der Waals surface area contributed by atoms with Crippen LogP contribution in [0.15, 0.2) is 41.8 Å². The van der Waals surface area contributed by atoms with Crippen LogP contribution in [0.2, 0.25) is 0 Å². The van der Waals surface area contributed by atoms with E-state index in [0.29, 0.717) is 29.5 Å². The monoisotopic (exact) mass is 420 g/mol. The topological polar surface area (TPSA) is 71.9 Å². The van der Waals surface area contributed by atoms with Gasteiger partial charge >= 0.3 is 0 Å². The molecule has 0 aliphatic carbocycles. The Morgan fingerprint density at radius 2 is 2.14 bits per heavy atom. The summed E-state index contributed by atoms with van der Waals surface area (Å²) in [6.45, 7) is 2.84. The molecule has 1 aromatic carbocycles. The van der Waals surface area contributed by atoms with Gasteiger partial charge in [-0.2, -0.15) is 5.10 Å². The Hall–Kier alpha value is -2.52. The van der Waals surface area contributed by atoms with Crippen LogP contribution < -0.4 is 10.1 Å². The fourth-order valence-electron chi connectivity index (χ4n) is 2.67. The number of ether oxygens (including phenoxy) is 1. The highest BCUT2D eigenvalue weighted by Gasteiger charge is 2.20. The summed E-state index contributed by atoms with van der Waals surface area (Å²) in [5, 5.41) is 11.9. The third kappa shape index (κ3) is 5.05. The summed E-state index contributed by atoms with van der Waals surface area (Å²) in [5.41, 5.74) is 0. The average Bonchev–Trinajstić information content (AvgIpc) is 3.34. The second-order valence-corrected chi connectivity index (χ2v) is 7.51. The van der Waals surface area contributed by atoms with Crippen LogP contribution in [0.25, 0.3) is 10.7 Å². The number of amides is 1. The normalized spacial score (nSPS) is 11.9. The third-order valence-electron chi connectivity index (χ3n) is 4.17. The number of benzene rings is 1. The van der Waals surface area contributed by atoms with Gasteiger partial charge in [0.25, 0.3) is 0 Å². The van der Waals surface area contributed by atoms with Crippen molar-refractivity contribution in [1.82, 2.24) is 20.1 Å². The van der Waals surface area contributed by atoms with Crippen LogP contribution in [0.3, 0.4) is 0 Å². The van der Waals surface area contributed by atoms with Gasteiger partial charge in [-0.05, 0) is 67.7 Å². The Balaban J connectivity index is 1.45. The first-order valence-corrected chi connectivity index (χ1v) is 10.2. The molecular weight excluding hydrogens is 399 g/mol. The lowest BCUT2D eigenvalue weighted by molar-refractivity contribution is -0.123. The van der Waals surface area contributed by atoms with Gasteiger partial charge in [-0.25, -0.2) is 4.39 Å². The van der Waals surface area contributed by atoms with Crippen molar-refractivity contribution in [3.05, 3.63) is 52.4 Å². The number of halogens is 1. The second-order valence-electron chi connectivity index (χ2n) is 6.18. The Labute approximate surface area is 171 Å². The van der Waals surface area contributed by atoms with E-state index in [1.54, 1.807) is 35.0 Å². The van der Waals surface area contributed by atoms with Crippen molar-refractivity contribution < 1.29 is 13.9 Å². The zero-order valence-electron chi connectivity index (χ0n) is 15.4. The van der Waals surface area contributed by atoms with Crippen LogP contribution in [0.5, 0.6) is 5.75 Å². The molecule has 2 N–H and O–H groups in total. The molecule has 28 heavy (non-hydrogen) atoms. The molecule has 0 fully saturated rings. The summed E-state index contributed by atoms with van der Waals surface area (Å²) >= 11 is 6.84. The van der Waals surface area contributed by atoms with Gasteiger partial charge in [0.05, 0.1) is 11.5 Å². The third-order valence-corrected chi connectivity index (χ3v) is 5.32. The van der Waals surface area contributed by atoms with Crippen LogP contribution >= 0.6 is 23.6 Å². The van der Waals surface area contributed by atoms with E-state index in [1.165, 1.54) is 12.1 Å². The fraction of sp³-hybridized carbons (Fsp3) is 0.316. The predicted octanol–water partition coefficient (Wildman–Crippen LogP) is 4.34. The van der Waals surface area contributed by atoms with Crippen molar-refractivity contribution in [2.75, 3.05) is 13.2 Å². The molecule has 3 rings (SSSR count). The molecule has 0 aliphatic rings. The maximum atomic E-state index is 12.8. The number of hydrogen-bond donors (Lipinski definition) is 2. The minimum absolute atomic E-state index is 0.116. The van der Waals surface area contributed by atoms with Crippen molar-refractivity contribution in [1.29, 1.82) is 0 Å². The zero-order valence-corrected chi connectivity index (χ0v) is 17.0. The number of hydrogen-bond acceptors (Lipinski definition) is 5. The minimum Gasteiger partial charge on any atom is -0.494 e. The number of unbranched alkanes of at least 4 members (excludes halogenated alkanes) is 1. The lowest BCUT2D eigenvalue weighted by Gasteiger charge is -2.15. The van der Waals surface area contributed by atoms with Gasteiger partial charge in [0.1, 0.15) is 17.6 Å². The van der Waals surface area contributed by atoms with Crippen LogP contribution in [0, 0.1) is 10.6 Å². The summed E-state index contributed by atoms with van der Waals surface area (Å²) in [7, 11) is 0. The van der Waals surface area contributed by atoms with E-state index < -0.39 is 6.04 Å². The molecule has 6 nitrogen and oxygen atoms in total. The van der Waals surface area contributed by atoms with E-state index in [-0.39, 0.29) is 11.7 Å². The largest absolute Gasteiger partial charge is 0.494 e. The predicted molar refractivity (Wildman–Crippen MR) is 110 cm³/mol. The van der Waals surface area contributed by atoms with E-state index in [0.717, 1.165) is 17.7 Å². The molecule has 0 saturated heterocycles. The maximum absolute atomic E-state index is 12.8. The number of aromatic nitrogens is 3. The van der Waals surface area contributed by atoms with Gasteiger partial charge in [0.15, 0.2) is 10.6 Å². The first-order valence-electron chi connectivity index (χ1n) is 8.93. The van der Waals surface area contributed by atoms with Crippen molar-refractivity contribution in [2.45, 2.75) is 25.8 Å². The van der Waals surface area contributed by atoms with Crippen molar-refractivity contribution in [3.63, 3.8) is 0 Å². The van der Waals surface area contributed by atoms with E-state index in [1.807, 2.05) is 17.5 Å². The Bertz CT molecular complexity index is 951. The Morgan fingerprint density at radius 3 is 2.86 bits per heavy atom. The highest BCUT2D eigenvalue weighted by molar-refractivity contribution is 7.71. The van der Waals surface area contributed by atoms with Crippen LogP contribution in [-0.4, -0.2) is 33.8 Å². The first kappa shape index (κ1) is 20.2. The number of rotatable bonds is 9. The second kappa shape index (κ2) is 9.61. The zero-order chi connectivity index (χ0) is 19.9. The van der Waals surface area contributed by atoms with E-state index in [2.05, 4.69) is 15.5 Å². The van der Waals surface area contributed by atoms with Gasteiger partial charge in [0, 0.05) is 6.54 Å². The summed E-state index contributed by atoms with van der Waals surface area (Å²) in [6.07, 6.45) is 1.55. The minimum atomic E-state index is -0.473. The molecule has 3 aromatic rings. The molecule has 0 saturated carbocycles. The van der Waals surface area contributed by atoms with Crippen molar-refractivity contribution >= 4 is 29.5 Å². The standard InChI is InChI=1S/C19H21FN4O2S2/c1-13(24-17(22-23-19(24)27)16-5-4-12-28-16)18(25)21-10-2-3-11-26-15-8-6-14(20)7-9-15/h4-9,12-13H,2-3,10-11H2,1H3,(H,21,25)(H,23,27). The van der Waals surface area contributed by atoms with Gasteiger partial charge in [-0.1, -0.05) is 6.07 Å². The Morgan fingerprint density at radius 1 is 1.36 bits per heavy atom. The quantitative estimate of drug-likeness (QED) is 0.399. The van der Waals surface area contributed by atoms with Crippen LogP contribution in [0.4, 0.5) is 4.39 Å². The molecule has 0 aliphatic heterocycles. The summed E-state index contributed by atoms with van der Waals surface area (Å²) in [5.74, 6) is 0.892. The molecule has 1 amide bonds. The van der Waals surface area contributed by atoms with Crippen LogP contribution in [0.1, 0.15) is 25.8 Å². The summed E-state index contributed by atoms with van der Waals surface area (Å²) < 4.78 is 20.5. The molecule has 9 heteroatoms. The van der Waals surface area contributed by atoms with Gasteiger partial charge in [-0.3, -0.25) is 14.5 Å². The molecule has 0 bridgehead atoms. The highest BCUT2D eigenvalue weighted by atomic mass is 32.1. The molecule has 2 aromatic heterocycles. The van der Waals surface area contributed by atoms with Crippen LogP contribution in [-0.2, 0) is 4.79 Å². The molecule has 0 radical (unpaired) electrons. The SMILES string of the molecule is CC(C(=O)NCCCCOc1ccc(F)cc1)n1c(-c2cccs2)n[nH]c1=S. The summed E-state index contributed by atoms with van der Waals surface area (Å²) in [4.78, 5) is 13.5. The Kier molecular flexibility index (Phi) is 6.94.